The van der Waals surface area contributed by atoms with Crippen LogP contribution in [0, 0.1) is 5.92 Å². The van der Waals surface area contributed by atoms with E-state index in [1.807, 2.05) is 51.1 Å². The first-order chi connectivity index (χ1) is 12.1. The molecule has 1 saturated heterocycles. The number of aliphatic imine (C=N–C) groups is 1. The molecule has 25 heavy (non-hydrogen) atoms. The van der Waals surface area contributed by atoms with Crippen molar-refractivity contribution in [2.75, 3.05) is 18.1 Å². The highest BCUT2D eigenvalue weighted by Gasteiger charge is 2.37. The fourth-order valence-electron chi connectivity index (χ4n) is 2.73. The van der Waals surface area contributed by atoms with Crippen molar-refractivity contribution in [1.29, 1.82) is 0 Å². The smallest absolute Gasteiger partial charge is 0.266 e. The standard InChI is InChI=1S/C18H20N4O2S/c1-4-19-18-21(5-2)17(24)15(25-18)11-14-12(3)20-22(16(14)23)13-9-7-6-8-10-13/h6-11,14H,4-5H2,1-3H3/b15-11-,19-18?/t14-/m0/s1. The molecule has 0 spiro atoms. The van der Waals surface area contributed by atoms with Gasteiger partial charge in [0.1, 0.15) is 0 Å². The number of anilines is 1. The molecule has 3 rings (SSSR count). The van der Waals surface area contributed by atoms with Gasteiger partial charge in [-0.2, -0.15) is 10.1 Å². The second kappa shape index (κ2) is 7.23. The molecule has 0 saturated carbocycles. The molecule has 0 aromatic heterocycles. The SMILES string of the molecule is CCN=C1S/C(=C\[C@@H]2C(=O)N(c3ccccc3)N=C2C)C(=O)N1CC. The Morgan fingerprint density at radius 3 is 2.60 bits per heavy atom. The van der Waals surface area contributed by atoms with Crippen LogP contribution in [0.1, 0.15) is 20.8 Å². The molecule has 2 aliphatic rings. The van der Waals surface area contributed by atoms with Gasteiger partial charge in [-0.3, -0.25) is 19.5 Å². The lowest BCUT2D eigenvalue weighted by Gasteiger charge is -2.13. The Morgan fingerprint density at radius 1 is 1.24 bits per heavy atom. The quantitative estimate of drug-likeness (QED) is 0.779. The number of amidine groups is 1. The van der Waals surface area contributed by atoms with Crippen LogP contribution in [0.5, 0.6) is 0 Å². The van der Waals surface area contributed by atoms with Crippen LogP contribution >= 0.6 is 11.8 Å². The molecule has 1 atom stereocenters. The molecule has 1 fully saturated rings. The van der Waals surface area contributed by atoms with Crippen LogP contribution in [0.2, 0.25) is 0 Å². The molecule has 1 aromatic carbocycles. The van der Waals surface area contributed by atoms with Crippen LogP contribution in [-0.2, 0) is 9.59 Å². The topological polar surface area (TPSA) is 65.3 Å². The van der Waals surface area contributed by atoms with Gasteiger partial charge in [-0.25, -0.2) is 0 Å². The zero-order chi connectivity index (χ0) is 18.0. The van der Waals surface area contributed by atoms with Crippen molar-refractivity contribution in [3.05, 3.63) is 41.3 Å². The van der Waals surface area contributed by atoms with E-state index < -0.39 is 5.92 Å². The number of benzene rings is 1. The summed E-state index contributed by atoms with van der Waals surface area (Å²) in [7, 11) is 0. The Labute approximate surface area is 151 Å². The monoisotopic (exact) mass is 356 g/mol. The number of carbonyl (C=O) groups excluding carboxylic acids is 2. The number of rotatable bonds is 4. The molecule has 130 valence electrons. The first-order valence-electron chi connectivity index (χ1n) is 8.26. The zero-order valence-electron chi connectivity index (χ0n) is 14.5. The van der Waals surface area contributed by atoms with E-state index in [4.69, 9.17) is 0 Å². The van der Waals surface area contributed by atoms with Crippen molar-refractivity contribution >= 4 is 40.1 Å². The largest absolute Gasteiger partial charge is 0.287 e. The Morgan fingerprint density at radius 2 is 1.96 bits per heavy atom. The molecule has 0 aliphatic carbocycles. The van der Waals surface area contributed by atoms with Crippen molar-refractivity contribution in [2.45, 2.75) is 20.8 Å². The number of hydrogen-bond acceptors (Lipinski definition) is 5. The minimum Gasteiger partial charge on any atom is -0.287 e. The number of hydrazone groups is 1. The number of nitrogens with zero attached hydrogens (tertiary/aromatic N) is 4. The first-order valence-corrected chi connectivity index (χ1v) is 9.08. The molecular weight excluding hydrogens is 336 g/mol. The van der Waals surface area contributed by atoms with Crippen molar-refractivity contribution in [1.82, 2.24) is 4.90 Å². The lowest BCUT2D eigenvalue weighted by Crippen LogP contribution is -2.29. The average molecular weight is 356 g/mol. The summed E-state index contributed by atoms with van der Waals surface area (Å²) in [5, 5.41) is 6.47. The molecule has 6 nitrogen and oxygen atoms in total. The van der Waals surface area contributed by atoms with E-state index in [-0.39, 0.29) is 11.8 Å². The first kappa shape index (κ1) is 17.4. The Hall–Kier alpha value is -2.41. The zero-order valence-corrected chi connectivity index (χ0v) is 15.3. The predicted molar refractivity (Wildman–Crippen MR) is 102 cm³/mol. The second-order valence-electron chi connectivity index (χ2n) is 5.64. The second-order valence-corrected chi connectivity index (χ2v) is 6.65. The molecule has 0 N–H and O–H groups in total. The summed E-state index contributed by atoms with van der Waals surface area (Å²) in [6.45, 7) is 6.83. The van der Waals surface area contributed by atoms with Gasteiger partial charge in [0.15, 0.2) is 5.17 Å². The van der Waals surface area contributed by atoms with Crippen molar-refractivity contribution < 1.29 is 9.59 Å². The Kier molecular flexibility index (Phi) is 5.03. The van der Waals surface area contributed by atoms with E-state index >= 15 is 0 Å². The molecule has 2 amide bonds. The number of hydrogen-bond donors (Lipinski definition) is 0. The summed E-state index contributed by atoms with van der Waals surface area (Å²) >= 11 is 1.33. The summed E-state index contributed by atoms with van der Waals surface area (Å²) in [6.07, 6.45) is 1.72. The van der Waals surface area contributed by atoms with Crippen LogP contribution in [0.4, 0.5) is 5.69 Å². The van der Waals surface area contributed by atoms with Crippen LogP contribution in [0.15, 0.2) is 51.4 Å². The average Bonchev–Trinajstić information content (AvgIpc) is 3.07. The summed E-state index contributed by atoms with van der Waals surface area (Å²) in [6, 6.07) is 9.29. The maximum atomic E-state index is 12.8. The highest BCUT2D eigenvalue weighted by molar-refractivity contribution is 8.18. The third kappa shape index (κ3) is 3.24. The maximum absolute atomic E-state index is 12.8. The van der Waals surface area contributed by atoms with Crippen molar-refractivity contribution in [3.63, 3.8) is 0 Å². The number of para-hydroxylation sites is 1. The van der Waals surface area contributed by atoms with Gasteiger partial charge >= 0.3 is 0 Å². The van der Waals surface area contributed by atoms with Gasteiger partial charge in [-0.15, -0.1) is 0 Å². The van der Waals surface area contributed by atoms with Crippen LogP contribution in [0.3, 0.4) is 0 Å². The molecule has 0 bridgehead atoms. The van der Waals surface area contributed by atoms with Gasteiger partial charge in [-0.1, -0.05) is 18.2 Å². The summed E-state index contributed by atoms with van der Waals surface area (Å²) in [5.41, 5.74) is 1.40. The van der Waals surface area contributed by atoms with Crippen LogP contribution in [-0.4, -0.2) is 40.7 Å². The van der Waals surface area contributed by atoms with Crippen molar-refractivity contribution in [3.8, 4) is 0 Å². The van der Waals surface area contributed by atoms with E-state index in [0.717, 1.165) is 5.69 Å². The van der Waals surface area contributed by atoms with E-state index in [0.29, 0.717) is 28.9 Å². The third-order valence-corrected chi connectivity index (χ3v) is 5.06. The lowest BCUT2D eigenvalue weighted by atomic mass is 10.0. The molecule has 2 aliphatic heterocycles. The van der Waals surface area contributed by atoms with Gasteiger partial charge in [0, 0.05) is 13.1 Å². The molecule has 0 radical (unpaired) electrons. The van der Waals surface area contributed by atoms with Gasteiger partial charge in [0.05, 0.1) is 22.2 Å². The van der Waals surface area contributed by atoms with E-state index in [2.05, 4.69) is 10.1 Å². The van der Waals surface area contributed by atoms with Gasteiger partial charge in [0.2, 0.25) is 0 Å². The predicted octanol–water partition coefficient (Wildman–Crippen LogP) is 2.88. The Bertz CT molecular complexity index is 786. The number of amides is 2. The minimum atomic E-state index is -0.522. The van der Waals surface area contributed by atoms with E-state index in [9.17, 15) is 9.59 Å². The van der Waals surface area contributed by atoms with Gasteiger partial charge < -0.3 is 0 Å². The van der Waals surface area contributed by atoms with Crippen LogP contribution in [0.25, 0.3) is 0 Å². The van der Waals surface area contributed by atoms with E-state index in [1.165, 1.54) is 16.8 Å². The highest BCUT2D eigenvalue weighted by atomic mass is 32.2. The summed E-state index contributed by atoms with van der Waals surface area (Å²) < 4.78 is 0. The fourth-order valence-corrected chi connectivity index (χ4v) is 3.85. The number of carbonyl (C=O) groups is 2. The summed E-state index contributed by atoms with van der Waals surface area (Å²) in [4.78, 5) is 31.9. The molecular formula is C18H20N4O2S. The maximum Gasteiger partial charge on any atom is 0.266 e. The lowest BCUT2D eigenvalue weighted by molar-refractivity contribution is -0.122. The molecule has 0 unspecified atom stereocenters. The van der Waals surface area contributed by atoms with Gasteiger partial charge in [0.25, 0.3) is 11.8 Å². The highest BCUT2D eigenvalue weighted by Crippen LogP contribution is 2.33. The Balaban J connectivity index is 1.87. The molecule has 1 aromatic rings. The molecule has 7 heteroatoms. The summed E-state index contributed by atoms with van der Waals surface area (Å²) in [5.74, 6) is -0.765. The normalized spacial score (nSPS) is 24.0. The van der Waals surface area contributed by atoms with E-state index in [1.54, 1.807) is 11.0 Å². The minimum absolute atomic E-state index is 0.0986. The van der Waals surface area contributed by atoms with Crippen LogP contribution < -0.4 is 5.01 Å². The fraction of sp³-hybridized carbons (Fsp3) is 0.333. The van der Waals surface area contributed by atoms with Gasteiger partial charge in [-0.05, 0) is 50.7 Å². The third-order valence-electron chi connectivity index (χ3n) is 4.00. The number of thioether (sulfide) groups is 1. The van der Waals surface area contributed by atoms with Crippen molar-refractivity contribution in [2.24, 2.45) is 16.0 Å². The molecule has 2 heterocycles. The number of likely N-dealkylation sites (N-methyl/N-ethyl adjacent to an activating group) is 1.